The lowest BCUT2D eigenvalue weighted by molar-refractivity contribution is 0.174. The molecule has 3 heteroatoms. The molecule has 1 aromatic carbocycles. The summed E-state index contributed by atoms with van der Waals surface area (Å²) in [6.45, 7) is 1.51. The van der Waals surface area contributed by atoms with Crippen LogP contribution in [0.4, 0.5) is 0 Å². The van der Waals surface area contributed by atoms with Gasteiger partial charge in [0.05, 0.1) is 0 Å². The Hall–Kier alpha value is -1.22. The van der Waals surface area contributed by atoms with Crippen molar-refractivity contribution >= 4 is 0 Å². The van der Waals surface area contributed by atoms with E-state index in [0.717, 1.165) is 29.9 Å². The molecule has 1 aliphatic heterocycles. The topological polar surface area (TPSA) is 30.5 Å². The van der Waals surface area contributed by atoms with Crippen LogP contribution in [-0.2, 0) is 6.42 Å². The monoisotopic (exact) mass is 261 g/mol. The number of hydrogen-bond donors (Lipinski definition) is 1. The quantitative estimate of drug-likeness (QED) is 0.904. The second kappa shape index (κ2) is 5.83. The van der Waals surface area contributed by atoms with Gasteiger partial charge in [-0.25, -0.2) is 0 Å². The molecule has 0 saturated heterocycles. The smallest absolute Gasteiger partial charge is 0.231 e. The van der Waals surface area contributed by atoms with E-state index in [1.54, 1.807) is 0 Å². The summed E-state index contributed by atoms with van der Waals surface area (Å²) < 4.78 is 10.8. The van der Waals surface area contributed by atoms with Crippen LogP contribution < -0.4 is 14.8 Å². The van der Waals surface area contributed by atoms with Crippen LogP contribution in [-0.4, -0.2) is 20.4 Å². The van der Waals surface area contributed by atoms with Gasteiger partial charge < -0.3 is 14.8 Å². The third kappa shape index (κ3) is 2.86. The fourth-order valence-electron chi connectivity index (χ4n) is 3.45. The summed E-state index contributed by atoms with van der Waals surface area (Å²) in [4.78, 5) is 0. The molecule has 0 amide bonds. The molecule has 2 atom stereocenters. The van der Waals surface area contributed by atoms with E-state index in [0.29, 0.717) is 6.79 Å². The zero-order chi connectivity index (χ0) is 13.1. The first kappa shape index (κ1) is 12.8. The van der Waals surface area contributed by atoms with E-state index >= 15 is 0 Å². The van der Waals surface area contributed by atoms with E-state index in [1.165, 1.54) is 37.7 Å². The van der Waals surface area contributed by atoms with Crippen LogP contribution in [0.15, 0.2) is 18.2 Å². The van der Waals surface area contributed by atoms with Crippen LogP contribution >= 0.6 is 0 Å². The molecule has 1 N–H and O–H groups in total. The zero-order valence-corrected chi connectivity index (χ0v) is 11.7. The minimum Gasteiger partial charge on any atom is -0.454 e. The summed E-state index contributed by atoms with van der Waals surface area (Å²) in [6, 6.07) is 6.40. The van der Waals surface area contributed by atoms with Gasteiger partial charge in [-0.2, -0.15) is 0 Å². The molecule has 1 saturated carbocycles. The molecule has 104 valence electrons. The van der Waals surface area contributed by atoms with E-state index < -0.39 is 0 Å². The van der Waals surface area contributed by atoms with Gasteiger partial charge in [0.1, 0.15) is 0 Å². The molecule has 1 aromatic rings. The van der Waals surface area contributed by atoms with Gasteiger partial charge in [0.15, 0.2) is 11.5 Å². The molecule has 1 fully saturated rings. The summed E-state index contributed by atoms with van der Waals surface area (Å²) in [5.41, 5.74) is 1.39. The molecule has 2 unspecified atom stereocenters. The maximum atomic E-state index is 5.47. The van der Waals surface area contributed by atoms with Gasteiger partial charge >= 0.3 is 0 Å². The number of nitrogens with one attached hydrogen (secondary N) is 1. The summed E-state index contributed by atoms with van der Waals surface area (Å²) >= 11 is 0. The second-order valence-corrected chi connectivity index (χ2v) is 5.75. The largest absolute Gasteiger partial charge is 0.454 e. The van der Waals surface area contributed by atoms with Crippen molar-refractivity contribution in [1.82, 2.24) is 5.32 Å². The maximum absolute atomic E-state index is 5.47. The predicted octanol–water partition coefficient (Wildman–Crippen LogP) is 2.98. The molecule has 1 aliphatic carbocycles. The summed E-state index contributed by atoms with van der Waals surface area (Å²) in [7, 11) is 2.06. The van der Waals surface area contributed by atoms with Crippen molar-refractivity contribution in [1.29, 1.82) is 0 Å². The van der Waals surface area contributed by atoms with Gasteiger partial charge in [0.2, 0.25) is 6.79 Å². The van der Waals surface area contributed by atoms with Gasteiger partial charge in [-0.1, -0.05) is 18.9 Å². The minimum absolute atomic E-state index is 0.366. The molecule has 3 rings (SSSR count). The fraction of sp³-hybridized carbons (Fsp3) is 0.625. The molecule has 2 aliphatic rings. The van der Waals surface area contributed by atoms with Crippen molar-refractivity contribution in [3.8, 4) is 11.5 Å². The van der Waals surface area contributed by atoms with Crippen LogP contribution in [0, 0.1) is 11.8 Å². The van der Waals surface area contributed by atoms with Gasteiger partial charge in [0.25, 0.3) is 0 Å². The first-order chi connectivity index (χ1) is 9.36. The standard InChI is InChI=1S/C16H23NO2/c1-17-10-14-5-3-2-4-13(14)8-12-6-7-15-16(9-12)19-11-18-15/h6-7,9,13-14,17H,2-5,8,10-11H2,1H3. The molecule has 0 radical (unpaired) electrons. The first-order valence-corrected chi connectivity index (χ1v) is 7.40. The maximum Gasteiger partial charge on any atom is 0.231 e. The van der Waals surface area contributed by atoms with Crippen molar-refractivity contribution in [3.63, 3.8) is 0 Å². The number of rotatable bonds is 4. The van der Waals surface area contributed by atoms with Crippen LogP contribution in [0.2, 0.25) is 0 Å². The number of ether oxygens (including phenoxy) is 2. The van der Waals surface area contributed by atoms with Crippen LogP contribution in [0.3, 0.4) is 0 Å². The van der Waals surface area contributed by atoms with E-state index in [2.05, 4.69) is 24.5 Å². The molecule has 1 heterocycles. The highest BCUT2D eigenvalue weighted by Crippen LogP contribution is 2.36. The third-order valence-electron chi connectivity index (χ3n) is 4.47. The van der Waals surface area contributed by atoms with Gasteiger partial charge in [-0.3, -0.25) is 0 Å². The van der Waals surface area contributed by atoms with Crippen molar-refractivity contribution in [2.75, 3.05) is 20.4 Å². The van der Waals surface area contributed by atoms with Gasteiger partial charge in [0, 0.05) is 0 Å². The number of fused-ring (bicyclic) bond motifs is 1. The van der Waals surface area contributed by atoms with E-state index in [9.17, 15) is 0 Å². The molecule has 3 nitrogen and oxygen atoms in total. The number of benzene rings is 1. The molecule has 19 heavy (non-hydrogen) atoms. The van der Waals surface area contributed by atoms with E-state index in [1.807, 2.05) is 6.07 Å². The van der Waals surface area contributed by atoms with Crippen molar-refractivity contribution < 1.29 is 9.47 Å². The Morgan fingerprint density at radius 2 is 1.89 bits per heavy atom. The van der Waals surface area contributed by atoms with Crippen molar-refractivity contribution in [2.45, 2.75) is 32.1 Å². The average Bonchev–Trinajstić information content (AvgIpc) is 2.89. The predicted molar refractivity (Wildman–Crippen MR) is 75.6 cm³/mol. The summed E-state index contributed by atoms with van der Waals surface area (Å²) in [5, 5.41) is 3.35. The van der Waals surface area contributed by atoms with E-state index in [-0.39, 0.29) is 0 Å². The Balaban J connectivity index is 1.69. The molecule has 0 bridgehead atoms. The molecule has 0 spiro atoms. The van der Waals surface area contributed by atoms with Crippen LogP contribution in [0.1, 0.15) is 31.2 Å². The lowest BCUT2D eigenvalue weighted by Gasteiger charge is -2.31. The fourth-order valence-corrected chi connectivity index (χ4v) is 3.45. The highest BCUT2D eigenvalue weighted by Gasteiger charge is 2.25. The van der Waals surface area contributed by atoms with Gasteiger partial charge in [-0.15, -0.1) is 0 Å². The Bertz CT molecular complexity index is 431. The molecular weight excluding hydrogens is 238 g/mol. The Morgan fingerprint density at radius 1 is 1.11 bits per heavy atom. The van der Waals surface area contributed by atoms with Crippen LogP contribution in [0.25, 0.3) is 0 Å². The van der Waals surface area contributed by atoms with E-state index in [4.69, 9.17) is 9.47 Å². The Labute approximate surface area is 115 Å². The Kier molecular flexibility index (Phi) is 3.92. The summed E-state index contributed by atoms with van der Waals surface area (Å²) in [6.07, 6.45) is 6.68. The average molecular weight is 261 g/mol. The van der Waals surface area contributed by atoms with Gasteiger partial charge in [-0.05, 0) is 62.4 Å². The lowest BCUT2D eigenvalue weighted by atomic mass is 9.76. The van der Waals surface area contributed by atoms with Crippen molar-refractivity contribution in [2.24, 2.45) is 11.8 Å². The SMILES string of the molecule is CNCC1CCCCC1Cc1ccc2c(c1)OCO2. The third-order valence-corrected chi connectivity index (χ3v) is 4.47. The number of hydrogen-bond acceptors (Lipinski definition) is 3. The molecule has 0 aromatic heterocycles. The lowest BCUT2D eigenvalue weighted by Crippen LogP contribution is -2.30. The highest BCUT2D eigenvalue weighted by atomic mass is 16.7. The first-order valence-electron chi connectivity index (χ1n) is 7.40. The summed E-state index contributed by atoms with van der Waals surface area (Å²) in [5.74, 6) is 3.43. The van der Waals surface area contributed by atoms with Crippen molar-refractivity contribution in [3.05, 3.63) is 23.8 Å². The normalized spacial score (nSPS) is 25.5. The minimum atomic E-state index is 0.366. The molecular formula is C16H23NO2. The Morgan fingerprint density at radius 3 is 2.74 bits per heavy atom. The highest BCUT2D eigenvalue weighted by molar-refractivity contribution is 5.44. The second-order valence-electron chi connectivity index (χ2n) is 5.75. The zero-order valence-electron chi connectivity index (χ0n) is 11.7. The van der Waals surface area contributed by atoms with Crippen LogP contribution in [0.5, 0.6) is 11.5 Å².